The molecule has 0 radical (unpaired) electrons. The second-order valence-electron chi connectivity index (χ2n) is 3.86. The number of thiazole rings is 1. The van der Waals surface area contributed by atoms with E-state index in [9.17, 15) is 4.79 Å². The molecule has 2 aromatic rings. The molecular formula is C12H10N4O2S. The van der Waals surface area contributed by atoms with Crippen molar-refractivity contribution < 1.29 is 9.53 Å². The van der Waals surface area contributed by atoms with Crippen molar-refractivity contribution in [1.29, 1.82) is 0 Å². The summed E-state index contributed by atoms with van der Waals surface area (Å²) in [6, 6.07) is 0. The fourth-order valence-electron chi connectivity index (χ4n) is 1.65. The van der Waals surface area contributed by atoms with Gasteiger partial charge < -0.3 is 4.74 Å². The van der Waals surface area contributed by atoms with Crippen LogP contribution in [0.15, 0.2) is 30.3 Å². The maximum atomic E-state index is 11.9. The number of hydrogen-bond donors (Lipinski definition) is 0. The first-order valence-electron chi connectivity index (χ1n) is 5.62. The standard InChI is InChI=1S/C12H10N4O2S/c17-12(18-7-9-5-13-2-3-14-9)16-4-1-10-11(6-16)19-8-15-10/h1-5,8H,6-7H2. The monoisotopic (exact) mass is 274 g/mol. The first kappa shape index (κ1) is 11.8. The minimum Gasteiger partial charge on any atom is -0.443 e. The SMILES string of the molecule is O=C(OCc1cnccn1)N1C=Cc2ncsc2C1. The van der Waals surface area contributed by atoms with E-state index in [0.29, 0.717) is 12.2 Å². The van der Waals surface area contributed by atoms with Crippen LogP contribution in [-0.4, -0.2) is 25.9 Å². The number of fused-ring (bicyclic) bond motifs is 1. The molecule has 6 nitrogen and oxygen atoms in total. The van der Waals surface area contributed by atoms with Gasteiger partial charge in [-0.25, -0.2) is 9.78 Å². The van der Waals surface area contributed by atoms with Crippen LogP contribution in [0.3, 0.4) is 0 Å². The Balaban J connectivity index is 1.60. The molecule has 0 saturated carbocycles. The number of nitrogens with zero attached hydrogens (tertiary/aromatic N) is 4. The van der Waals surface area contributed by atoms with Gasteiger partial charge in [-0.3, -0.25) is 14.9 Å². The maximum absolute atomic E-state index is 11.9. The zero-order valence-electron chi connectivity index (χ0n) is 9.89. The molecular weight excluding hydrogens is 264 g/mol. The summed E-state index contributed by atoms with van der Waals surface area (Å²) in [5.41, 5.74) is 3.31. The minimum absolute atomic E-state index is 0.118. The number of carbonyl (C=O) groups excluding carboxylic acids is 1. The summed E-state index contributed by atoms with van der Waals surface area (Å²) in [5.74, 6) is 0. The molecule has 3 rings (SSSR count). The van der Waals surface area contributed by atoms with Crippen LogP contribution in [-0.2, 0) is 17.9 Å². The summed E-state index contributed by atoms with van der Waals surface area (Å²) in [6.45, 7) is 0.613. The fourth-order valence-corrected chi connectivity index (χ4v) is 2.40. The van der Waals surface area contributed by atoms with E-state index in [0.717, 1.165) is 10.6 Å². The topological polar surface area (TPSA) is 68.2 Å². The zero-order valence-corrected chi connectivity index (χ0v) is 10.7. The Bertz CT molecular complexity index is 611. The lowest BCUT2D eigenvalue weighted by atomic mass is 10.3. The number of carbonyl (C=O) groups is 1. The molecule has 96 valence electrons. The van der Waals surface area contributed by atoms with Gasteiger partial charge in [-0.05, 0) is 6.08 Å². The van der Waals surface area contributed by atoms with Gasteiger partial charge >= 0.3 is 6.09 Å². The van der Waals surface area contributed by atoms with Gasteiger partial charge in [0.05, 0.1) is 34.5 Å². The largest absolute Gasteiger partial charge is 0.443 e. The van der Waals surface area contributed by atoms with Gasteiger partial charge in [0.15, 0.2) is 0 Å². The lowest BCUT2D eigenvalue weighted by molar-refractivity contribution is 0.107. The Morgan fingerprint density at radius 2 is 2.37 bits per heavy atom. The van der Waals surface area contributed by atoms with Crippen molar-refractivity contribution in [2.45, 2.75) is 13.2 Å². The molecule has 0 unspecified atom stereocenters. The second kappa shape index (κ2) is 5.15. The molecule has 1 amide bonds. The molecule has 1 aliphatic rings. The van der Waals surface area contributed by atoms with E-state index in [1.54, 1.807) is 36.4 Å². The molecule has 0 aliphatic carbocycles. The van der Waals surface area contributed by atoms with Crippen LogP contribution in [0.4, 0.5) is 4.79 Å². The van der Waals surface area contributed by atoms with E-state index in [-0.39, 0.29) is 6.61 Å². The van der Waals surface area contributed by atoms with Gasteiger partial charge in [-0.2, -0.15) is 0 Å². The highest BCUT2D eigenvalue weighted by Gasteiger charge is 2.19. The Hall–Kier alpha value is -2.28. The normalized spacial score (nSPS) is 13.2. The average Bonchev–Trinajstić information content (AvgIpc) is 2.93. The molecule has 0 spiro atoms. The molecule has 0 saturated heterocycles. The van der Waals surface area contributed by atoms with Crippen molar-refractivity contribution in [2.24, 2.45) is 0 Å². The van der Waals surface area contributed by atoms with Gasteiger partial charge in [0.2, 0.25) is 0 Å². The third-order valence-electron chi connectivity index (χ3n) is 2.59. The van der Waals surface area contributed by atoms with Gasteiger partial charge in [-0.1, -0.05) is 0 Å². The van der Waals surface area contributed by atoms with Crippen molar-refractivity contribution in [3.63, 3.8) is 0 Å². The van der Waals surface area contributed by atoms with E-state index in [2.05, 4.69) is 15.0 Å². The van der Waals surface area contributed by atoms with Gasteiger partial charge in [0.1, 0.15) is 6.61 Å². The molecule has 0 atom stereocenters. The van der Waals surface area contributed by atoms with E-state index in [1.807, 2.05) is 0 Å². The number of hydrogen-bond acceptors (Lipinski definition) is 6. The smallest absolute Gasteiger partial charge is 0.414 e. The van der Waals surface area contributed by atoms with E-state index in [4.69, 9.17) is 4.74 Å². The number of aromatic nitrogens is 3. The predicted octanol–water partition coefficient (Wildman–Crippen LogP) is 2.06. The molecule has 19 heavy (non-hydrogen) atoms. The first-order chi connectivity index (χ1) is 9.33. The Morgan fingerprint density at radius 3 is 3.21 bits per heavy atom. The van der Waals surface area contributed by atoms with E-state index >= 15 is 0 Å². The van der Waals surface area contributed by atoms with Crippen LogP contribution in [0.25, 0.3) is 6.08 Å². The van der Waals surface area contributed by atoms with Crippen molar-refractivity contribution in [1.82, 2.24) is 19.9 Å². The lowest BCUT2D eigenvalue weighted by Crippen LogP contribution is -2.27. The predicted molar refractivity (Wildman–Crippen MR) is 68.9 cm³/mol. The summed E-state index contributed by atoms with van der Waals surface area (Å²) >= 11 is 1.53. The second-order valence-corrected chi connectivity index (χ2v) is 4.80. The average molecular weight is 274 g/mol. The van der Waals surface area contributed by atoms with Crippen molar-refractivity contribution in [2.75, 3.05) is 0 Å². The Kier molecular flexibility index (Phi) is 3.20. The summed E-state index contributed by atoms with van der Waals surface area (Å²) in [5, 5.41) is 0. The third kappa shape index (κ3) is 2.60. The number of ether oxygens (including phenoxy) is 1. The van der Waals surface area contributed by atoms with Crippen LogP contribution < -0.4 is 0 Å². The minimum atomic E-state index is -0.402. The quantitative estimate of drug-likeness (QED) is 0.838. The highest BCUT2D eigenvalue weighted by atomic mass is 32.1. The third-order valence-corrected chi connectivity index (χ3v) is 3.43. The highest BCUT2D eigenvalue weighted by molar-refractivity contribution is 7.09. The van der Waals surface area contributed by atoms with Crippen molar-refractivity contribution in [3.8, 4) is 0 Å². The Labute approximate surface area is 113 Å². The van der Waals surface area contributed by atoms with Crippen LogP contribution >= 0.6 is 11.3 Å². The molecule has 7 heteroatoms. The van der Waals surface area contributed by atoms with E-state index in [1.165, 1.54) is 16.2 Å². The zero-order chi connectivity index (χ0) is 13.1. The van der Waals surface area contributed by atoms with Crippen molar-refractivity contribution >= 4 is 23.5 Å². The fraction of sp³-hybridized carbons (Fsp3) is 0.167. The number of amides is 1. The van der Waals surface area contributed by atoms with Crippen LogP contribution in [0, 0.1) is 0 Å². The summed E-state index contributed by atoms with van der Waals surface area (Å²) in [4.78, 5) is 26.6. The first-order valence-corrected chi connectivity index (χ1v) is 6.50. The van der Waals surface area contributed by atoms with Crippen LogP contribution in [0.5, 0.6) is 0 Å². The molecule has 0 bridgehead atoms. The van der Waals surface area contributed by atoms with Crippen molar-refractivity contribution in [3.05, 3.63) is 46.6 Å². The molecule has 0 aromatic carbocycles. The van der Waals surface area contributed by atoms with Crippen LogP contribution in [0.2, 0.25) is 0 Å². The molecule has 0 fully saturated rings. The molecule has 0 N–H and O–H groups in total. The number of rotatable bonds is 2. The van der Waals surface area contributed by atoms with Gasteiger partial charge in [0.25, 0.3) is 0 Å². The maximum Gasteiger partial charge on any atom is 0.414 e. The van der Waals surface area contributed by atoms with Crippen LogP contribution in [0.1, 0.15) is 16.3 Å². The molecule has 1 aliphatic heterocycles. The summed E-state index contributed by atoms with van der Waals surface area (Å²) in [7, 11) is 0. The Morgan fingerprint density at radius 1 is 1.42 bits per heavy atom. The molecule has 2 aromatic heterocycles. The lowest BCUT2D eigenvalue weighted by Gasteiger charge is -2.20. The summed E-state index contributed by atoms with van der Waals surface area (Å²) in [6.07, 6.45) is 7.79. The summed E-state index contributed by atoms with van der Waals surface area (Å²) < 4.78 is 5.18. The van der Waals surface area contributed by atoms with E-state index < -0.39 is 6.09 Å². The van der Waals surface area contributed by atoms with Gasteiger partial charge in [0, 0.05) is 18.6 Å². The highest BCUT2D eigenvalue weighted by Crippen LogP contribution is 2.22. The molecule has 3 heterocycles. The van der Waals surface area contributed by atoms with Gasteiger partial charge in [-0.15, -0.1) is 11.3 Å².